The predicted octanol–water partition coefficient (Wildman–Crippen LogP) is 3.74. The Bertz CT molecular complexity index is 853. The molecule has 118 valence electrons. The summed E-state index contributed by atoms with van der Waals surface area (Å²) in [5, 5.41) is 2.08. The van der Waals surface area contributed by atoms with Crippen LogP contribution in [-0.4, -0.2) is 9.55 Å². The highest BCUT2D eigenvalue weighted by molar-refractivity contribution is 7.10. The highest BCUT2D eigenvalue weighted by Gasteiger charge is 2.11. The molecule has 3 aromatic rings. The minimum atomic E-state index is -0.0438. The van der Waals surface area contributed by atoms with Gasteiger partial charge in [-0.15, -0.1) is 11.3 Å². The van der Waals surface area contributed by atoms with Crippen LogP contribution in [0.1, 0.15) is 22.9 Å². The van der Waals surface area contributed by atoms with E-state index in [1.54, 1.807) is 34.5 Å². The first-order chi connectivity index (χ1) is 11.2. The fourth-order valence-electron chi connectivity index (χ4n) is 2.46. The average Bonchev–Trinajstić information content (AvgIpc) is 2.99. The van der Waals surface area contributed by atoms with Crippen molar-refractivity contribution in [2.24, 2.45) is 0 Å². The highest BCUT2D eigenvalue weighted by atomic mass is 32.1. The Balaban J connectivity index is 1.90. The Morgan fingerprint density at radius 2 is 2.04 bits per heavy atom. The van der Waals surface area contributed by atoms with Crippen molar-refractivity contribution in [2.45, 2.75) is 26.9 Å². The van der Waals surface area contributed by atoms with Crippen molar-refractivity contribution in [3.05, 3.63) is 74.6 Å². The summed E-state index contributed by atoms with van der Waals surface area (Å²) in [5.74, 6) is 0.659. The number of aryl methyl sites for hydroxylation is 1. The molecular formula is C18H18N2O2S. The van der Waals surface area contributed by atoms with Gasteiger partial charge >= 0.3 is 0 Å². The second-order valence-electron chi connectivity index (χ2n) is 5.25. The molecule has 0 atom stereocenters. The first kappa shape index (κ1) is 15.5. The summed E-state index contributed by atoms with van der Waals surface area (Å²) in [5.41, 5.74) is 2.58. The zero-order valence-electron chi connectivity index (χ0n) is 13.2. The van der Waals surface area contributed by atoms with Gasteiger partial charge in [0.2, 0.25) is 0 Å². The minimum absolute atomic E-state index is 0.0438. The summed E-state index contributed by atoms with van der Waals surface area (Å²) in [7, 11) is 0. The first-order valence-electron chi connectivity index (χ1n) is 7.50. The van der Waals surface area contributed by atoms with Crippen LogP contribution in [0.25, 0.3) is 5.69 Å². The van der Waals surface area contributed by atoms with Gasteiger partial charge in [0.25, 0.3) is 5.56 Å². The van der Waals surface area contributed by atoms with E-state index >= 15 is 0 Å². The van der Waals surface area contributed by atoms with Crippen molar-refractivity contribution in [3.63, 3.8) is 0 Å². The minimum Gasteiger partial charge on any atom is -0.488 e. The van der Waals surface area contributed by atoms with Crippen LogP contribution in [0, 0.1) is 6.92 Å². The molecule has 23 heavy (non-hydrogen) atoms. The predicted molar refractivity (Wildman–Crippen MR) is 92.6 cm³/mol. The molecule has 5 heteroatoms. The molecule has 3 aromatic heterocycles. The van der Waals surface area contributed by atoms with Gasteiger partial charge < -0.3 is 4.74 Å². The molecule has 0 N–H and O–H groups in total. The third kappa shape index (κ3) is 3.35. The van der Waals surface area contributed by atoms with Gasteiger partial charge in [0.1, 0.15) is 12.4 Å². The van der Waals surface area contributed by atoms with E-state index in [2.05, 4.69) is 23.4 Å². The maximum absolute atomic E-state index is 12.7. The quantitative estimate of drug-likeness (QED) is 0.717. The summed E-state index contributed by atoms with van der Waals surface area (Å²) in [4.78, 5) is 17.9. The van der Waals surface area contributed by atoms with Gasteiger partial charge in [-0.2, -0.15) is 0 Å². The zero-order chi connectivity index (χ0) is 16.2. The molecule has 3 rings (SSSR count). The number of ether oxygens (including phenoxy) is 1. The molecule has 0 spiro atoms. The van der Waals surface area contributed by atoms with Crippen LogP contribution in [-0.2, 0) is 13.0 Å². The average molecular weight is 326 g/mol. The fourth-order valence-corrected chi connectivity index (χ4v) is 3.16. The number of hydrogen-bond donors (Lipinski definition) is 0. The summed E-state index contributed by atoms with van der Waals surface area (Å²) in [6, 6.07) is 7.60. The fraction of sp³-hybridized carbons (Fsp3) is 0.222. The van der Waals surface area contributed by atoms with E-state index in [0.717, 1.165) is 11.3 Å². The number of aromatic nitrogens is 2. The van der Waals surface area contributed by atoms with Gasteiger partial charge in [-0.25, -0.2) is 0 Å². The lowest BCUT2D eigenvalue weighted by Crippen LogP contribution is -2.22. The topological polar surface area (TPSA) is 44.1 Å². The number of nitrogens with zero attached hydrogens (tertiary/aromatic N) is 2. The number of rotatable bonds is 5. The van der Waals surface area contributed by atoms with Crippen LogP contribution in [0.15, 0.2) is 53.0 Å². The maximum Gasteiger partial charge on any atom is 0.261 e. The van der Waals surface area contributed by atoms with Gasteiger partial charge in [0.15, 0.2) is 0 Å². The molecule has 0 saturated carbocycles. The molecule has 0 aliphatic rings. The summed E-state index contributed by atoms with van der Waals surface area (Å²) >= 11 is 1.70. The lowest BCUT2D eigenvalue weighted by atomic mass is 10.2. The number of thiophene rings is 1. The van der Waals surface area contributed by atoms with Gasteiger partial charge in [-0.3, -0.25) is 14.3 Å². The lowest BCUT2D eigenvalue weighted by molar-refractivity contribution is 0.302. The van der Waals surface area contributed by atoms with Crippen LogP contribution in [0.4, 0.5) is 0 Å². The largest absolute Gasteiger partial charge is 0.488 e. The summed E-state index contributed by atoms with van der Waals surface area (Å²) in [6.07, 6.45) is 5.74. The van der Waals surface area contributed by atoms with E-state index in [1.807, 2.05) is 25.1 Å². The Kier molecular flexibility index (Phi) is 4.57. The third-order valence-corrected chi connectivity index (χ3v) is 4.53. The SMILES string of the molecule is CCc1c(OCc2csc(C)c2)ccn(-c2ccncc2)c1=O. The molecule has 3 heterocycles. The molecule has 0 fully saturated rings. The van der Waals surface area contributed by atoms with Crippen molar-refractivity contribution in [1.82, 2.24) is 9.55 Å². The van der Waals surface area contributed by atoms with Crippen LogP contribution in [0.3, 0.4) is 0 Å². The van der Waals surface area contributed by atoms with Crippen molar-refractivity contribution in [3.8, 4) is 11.4 Å². The molecule has 0 aromatic carbocycles. The van der Waals surface area contributed by atoms with Crippen LogP contribution < -0.4 is 10.3 Å². The molecule has 0 unspecified atom stereocenters. The monoisotopic (exact) mass is 326 g/mol. The molecule has 4 nitrogen and oxygen atoms in total. The van der Waals surface area contributed by atoms with E-state index < -0.39 is 0 Å². The van der Waals surface area contributed by atoms with Gasteiger partial charge in [-0.1, -0.05) is 6.92 Å². The van der Waals surface area contributed by atoms with Crippen LogP contribution >= 0.6 is 11.3 Å². The van der Waals surface area contributed by atoms with Crippen molar-refractivity contribution in [1.29, 1.82) is 0 Å². The summed E-state index contributed by atoms with van der Waals surface area (Å²) < 4.78 is 7.51. The van der Waals surface area contributed by atoms with Crippen molar-refractivity contribution in [2.75, 3.05) is 0 Å². The van der Waals surface area contributed by atoms with Crippen molar-refractivity contribution < 1.29 is 4.74 Å². The number of pyridine rings is 2. The number of hydrogen-bond acceptors (Lipinski definition) is 4. The van der Waals surface area contributed by atoms with Gasteiger partial charge in [0.05, 0.1) is 11.3 Å². The molecule has 0 aliphatic heterocycles. The van der Waals surface area contributed by atoms with Crippen LogP contribution in [0.5, 0.6) is 5.75 Å². The molecular weight excluding hydrogens is 308 g/mol. The molecule has 0 amide bonds. The van der Waals surface area contributed by atoms with Gasteiger partial charge in [0, 0.05) is 29.0 Å². The molecule has 0 bridgehead atoms. The molecule has 0 radical (unpaired) electrons. The Morgan fingerprint density at radius 1 is 1.26 bits per heavy atom. The Hall–Kier alpha value is -2.40. The highest BCUT2D eigenvalue weighted by Crippen LogP contribution is 2.20. The zero-order valence-corrected chi connectivity index (χ0v) is 14.0. The normalized spacial score (nSPS) is 10.7. The van der Waals surface area contributed by atoms with Gasteiger partial charge in [-0.05, 0) is 43.0 Å². The Morgan fingerprint density at radius 3 is 2.70 bits per heavy atom. The van der Waals surface area contributed by atoms with E-state index in [4.69, 9.17) is 4.74 Å². The third-order valence-electron chi connectivity index (χ3n) is 3.62. The molecule has 0 saturated heterocycles. The lowest BCUT2D eigenvalue weighted by Gasteiger charge is -2.12. The van der Waals surface area contributed by atoms with E-state index in [9.17, 15) is 4.79 Å². The van der Waals surface area contributed by atoms with E-state index in [1.165, 1.54) is 4.88 Å². The van der Waals surface area contributed by atoms with Crippen molar-refractivity contribution >= 4 is 11.3 Å². The standard InChI is InChI=1S/C18H18N2O2S/c1-3-16-17(22-11-14-10-13(2)23-12-14)6-9-20(18(16)21)15-4-7-19-8-5-15/h4-10,12H,3,11H2,1-2H3. The first-order valence-corrected chi connectivity index (χ1v) is 8.38. The smallest absolute Gasteiger partial charge is 0.261 e. The second-order valence-corrected chi connectivity index (χ2v) is 6.36. The summed E-state index contributed by atoms with van der Waals surface area (Å²) in [6.45, 7) is 4.52. The maximum atomic E-state index is 12.7. The Labute approximate surface area is 139 Å². The van der Waals surface area contributed by atoms with E-state index in [0.29, 0.717) is 24.3 Å². The van der Waals surface area contributed by atoms with Crippen LogP contribution in [0.2, 0.25) is 0 Å². The second kappa shape index (κ2) is 6.79. The molecule has 0 aliphatic carbocycles. The van der Waals surface area contributed by atoms with E-state index in [-0.39, 0.29) is 5.56 Å².